The Morgan fingerprint density at radius 3 is 2.61 bits per heavy atom. The molecule has 9 heteroatoms. The lowest BCUT2D eigenvalue weighted by atomic mass is 9.99. The lowest BCUT2D eigenvalue weighted by Crippen LogP contribution is -2.43. The predicted molar refractivity (Wildman–Crippen MR) is 57.9 cm³/mol. The van der Waals surface area contributed by atoms with E-state index in [2.05, 4.69) is 4.99 Å². The maximum Gasteiger partial charge on any atom is 0.348 e. The fraction of sp³-hybridized carbons (Fsp3) is 0.444. The van der Waals surface area contributed by atoms with Crippen LogP contribution in [0.25, 0.3) is 0 Å². The van der Waals surface area contributed by atoms with Crippen molar-refractivity contribution in [2.45, 2.75) is 18.8 Å². The molecular weight excluding hydrogens is 246 g/mol. The van der Waals surface area contributed by atoms with Crippen molar-refractivity contribution in [3.63, 3.8) is 0 Å². The van der Waals surface area contributed by atoms with E-state index in [1.165, 1.54) is 20.1 Å². The second kappa shape index (κ2) is 3.88. The fourth-order valence-electron chi connectivity index (χ4n) is 1.89. The summed E-state index contributed by atoms with van der Waals surface area (Å²) in [5, 5.41) is 21.8. The van der Waals surface area contributed by atoms with Crippen LogP contribution in [0.4, 0.5) is 0 Å². The van der Waals surface area contributed by atoms with Crippen LogP contribution < -0.4 is 0 Å². The van der Waals surface area contributed by atoms with Gasteiger partial charge in [0.2, 0.25) is 0 Å². The first-order valence-corrected chi connectivity index (χ1v) is 4.92. The topological polar surface area (TPSA) is 117 Å². The van der Waals surface area contributed by atoms with Gasteiger partial charge in [-0.15, -0.1) is 0 Å². The van der Waals surface area contributed by atoms with Gasteiger partial charge >= 0.3 is 11.5 Å². The highest BCUT2D eigenvalue weighted by molar-refractivity contribution is 5.78. The standard InChI is InChI=1S/C9H9N3O6/c1-5-10-7-3-6(11(13)14)4-8(12(15)16)9(7,17-2)18-5/h3-4,6H,1-2H3/t6-,9-/m0/s1. The van der Waals surface area contributed by atoms with Crippen molar-refractivity contribution in [3.05, 3.63) is 43.8 Å². The molecule has 9 nitrogen and oxygen atoms in total. The summed E-state index contributed by atoms with van der Waals surface area (Å²) in [7, 11) is 1.21. The van der Waals surface area contributed by atoms with Gasteiger partial charge in [0.15, 0.2) is 5.90 Å². The van der Waals surface area contributed by atoms with Crippen molar-refractivity contribution in [3.8, 4) is 0 Å². The second-order valence-electron chi connectivity index (χ2n) is 3.69. The van der Waals surface area contributed by atoms with Gasteiger partial charge in [0, 0.05) is 25.0 Å². The number of methoxy groups -OCH3 is 1. The quantitative estimate of drug-likeness (QED) is 0.534. The van der Waals surface area contributed by atoms with Crippen molar-refractivity contribution < 1.29 is 19.3 Å². The van der Waals surface area contributed by atoms with E-state index >= 15 is 0 Å². The second-order valence-corrected chi connectivity index (χ2v) is 3.69. The Balaban J connectivity index is 2.57. The maximum absolute atomic E-state index is 11.0. The molecule has 96 valence electrons. The van der Waals surface area contributed by atoms with Gasteiger partial charge in [-0.3, -0.25) is 20.2 Å². The van der Waals surface area contributed by atoms with Crippen LogP contribution in [0.1, 0.15) is 6.92 Å². The third kappa shape index (κ3) is 1.56. The minimum absolute atomic E-state index is 0.0263. The number of hydrogen-bond acceptors (Lipinski definition) is 7. The van der Waals surface area contributed by atoms with Crippen LogP contribution in [-0.4, -0.2) is 34.7 Å². The number of rotatable bonds is 3. The van der Waals surface area contributed by atoms with Gasteiger partial charge in [-0.05, 0) is 0 Å². The Labute approximate surface area is 101 Å². The Morgan fingerprint density at radius 2 is 2.11 bits per heavy atom. The molecule has 0 N–H and O–H groups in total. The Kier molecular flexibility index (Phi) is 2.62. The molecule has 1 aliphatic carbocycles. The van der Waals surface area contributed by atoms with Crippen molar-refractivity contribution in [2.24, 2.45) is 4.99 Å². The summed E-state index contributed by atoms with van der Waals surface area (Å²) in [6, 6.07) is -1.32. The monoisotopic (exact) mass is 255 g/mol. The van der Waals surface area contributed by atoms with Crippen LogP contribution in [0.3, 0.4) is 0 Å². The number of hydrogen-bond donors (Lipinski definition) is 0. The van der Waals surface area contributed by atoms with Crippen LogP contribution in [0, 0.1) is 20.2 Å². The molecule has 0 amide bonds. The summed E-state index contributed by atoms with van der Waals surface area (Å²) < 4.78 is 10.3. The summed E-state index contributed by atoms with van der Waals surface area (Å²) in [6.07, 6.45) is 2.06. The zero-order valence-corrected chi connectivity index (χ0v) is 9.52. The third-order valence-corrected chi connectivity index (χ3v) is 2.63. The number of nitrogens with zero attached hydrogens (tertiary/aromatic N) is 3. The molecular formula is C9H9N3O6. The molecule has 1 aliphatic heterocycles. The van der Waals surface area contributed by atoms with Crippen LogP contribution in [0.5, 0.6) is 0 Å². The minimum Gasteiger partial charge on any atom is -0.434 e. The zero-order valence-electron chi connectivity index (χ0n) is 9.52. The molecule has 0 saturated heterocycles. The number of ether oxygens (including phenoxy) is 2. The highest BCUT2D eigenvalue weighted by Gasteiger charge is 2.57. The first-order valence-electron chi connectivity index (χ1n) is 4.92. The normalized spacial score (nSPS) is 29.7. The van der Waals surface area contributed by atoms with E-state index in [9.17, 15) is 20.2 Å². The Hall–Kier alpha value is -2.29. The van der Waals surface area contributed by atoms with Gasteiger partial charge in [0.1, 0.15) is 5.70 Å². The first kappa shape index (κ1) is 12.2. The lowest BCUT2D eigenvalue weighted by Gasteiger charge is -2.26. The zero-order chi connectivity index (χ0) is 13.5. The molecule has 2 rings (SSSR count). The molecule has 0 fully saturated rings. The molecule has 0 aromatic rings. The minimum atomic E-state index is -1.78. The average Bonchev–Trinajstić information content (AvgIpc) is 2.63. The Bertz CT molecular complexity index is 522. The van der Waals surface area contributed by atoms with Gasteiger partial charge in [-0.25, -0.2) is 4.99 Å². The van der Waals surface area contributed by atoms with Gasteiger partial charge < -0.3 is 9.47 Å². The van der Waals surface area contributed by atoms with Crippen molar-refractivity contribution in [1.82, 2.24) is 0 Å². The number of fused-ring (bicyclic) bond motifs is 1. The van der Waals surface area contributed by atoms with E-state index in [1.54, 1.807) is 0 Å². The van der Waals surface area contributed by atoms with E-state index in [0.717, 1.165) is 6.08 Å². The maximum atomic E-state index is 11.0. The average molecular weight is 255 g/mol. The molecule has 0 radical (unpaired) electrons. The van der Waals surface area contributed by atoms with Crippen LogP contribution in [0.2, 0.25) is 0 Å². The molecule has 0 aromatic heterocycles. The van der Waals surface area contributed by atoms with E-state index in [1.807, 2.05) is 0 Å². The molecule has 1 heterocycles. The van der Waals surface area contributed by atoms with Gasteiger partial charge in [0.05, 0.1) is 11.0 Å². The number of aliphatic imine (C=N–C) groups is 1. The first-order chi connectivity index (χ1) is 8.40. The van der Waals surface area contributed by atoms with Gasteiger partial charge in [-0.2, -0.15) is 0 Å². The molecule has 2 atom stereocenters. The smallest absolute Gasteiger partial charge is 0.348 e. The molecule has 0 spiro atoms. The van der Waals surface area contributed by atoms with Crippen molar-refractivity contribution in [2.75, 3.05) is 7.11 Å². The van der Waals surface area contributed by atoms with Gasteiger partial charge in [-0.1, -0.05) is 0 Å². The molecule has 0 saturated carbocycles. The lowest BCUT2D eigenvalue weighted by molar-refractivity contribution is -0.504. The van der Waals surface area contributed by atoms with Crippen molar-refractivity contribution in [1.29, 1.82) is 0 Å². The molecule has 2 aliphatic rings. The van der Waals surface area contributed by atoms with E-state index in [0.29, 0.717) is 0 Å². The summed E-state index contributed by atoms with van der Waals surface area (Å²) >= 11 is 0. The largest absolute Gasteiger partial charge is 0.434 e. The molecule has 18 heavy (non-hydrogen) atoms. The van der Waals surface area contributed by atoms with Gasteiger partial charge in [0.25, 0.3) is 6.04 Å². The highest BCUT2D eigenvalue weighted by atomic mass is 16.7. The SMILES string of the molecule is CO[C@]12OC(C)=NC1=C[C@H]([N+](=O)[O-])C=C2[N+](=O)[O-]. The van der Waals surface area contributed by atoms with Crippen LogP contribution in [0.15, 0.2) is 28.5 Å². The highest BCUT2D eigenvalue weighted by Crippen LogP contribution is 2.40. The molecule has 0 unspecified atom stereocenters. The number of nitro groups is 2. The third-order valence-electron chi connectivity index (χ3n) is 2.63. The van der Waals surface area contributed by atoms with E-state index in [-0.39, 0.29) is 11.6 Å². The summed E-state index contributed by atoms with van der Waals surface area (Å²) in [5.41, 5.74) is -0.511. The summed E-state index contributed by atoms with van der Waals surface area (Å²) in [5.74, 6) is -1.63. The molecule has 0 aromatic carbocycles. The van der Waals surface area contributed by atoms with E-state index in [4.69, 9.17) is 9.47 Å². The van der Waals surface area contributed by atoms with Crippen molar-refractivity contribution >= 4 is 5.90 Å². The van der Waals surface area contributed by atoms with Crippen LogP contribution >= 0.6 is 0 Å². The summed E-state index contributed by atoms with van der Waals surface area (Å²) in [6.45, 7) is 1.48. The van der Waals surface area contributed by atoms with E-state index < -0.39 is 27.4 Å². The Morgan fingerprint density at radius 1 is 1.44 bits per heavy atom. The molecule has 0 bridgehead atoms. The summed E-state index contributed by atoms with van der Waals surface area (Å²) in [4.78, 5) is 24.2. The fourth-order valence-corrected chi connectivity index (χ4v) is 1.89. The van der Waals surface area contributed by atoms with Crippen LogP contribution in [-0.2, 0) is 9.47 Å². The predicted octanol–water partition coefficient (Wildman–Crippen LogP) is 0.481.